The number of aliphatic hydroxyl groups is 1. The van der Waals surface area contributed by atoms with Gasteiger partial charge in [0.2, 0.25) is 0 Å². The summed E-state index contributed by atoms with van der Waals surface area (Å²) in [6.07, 6.45) is 7.95. The molecule has 2 rings (SSSR count). The molecule has 1 aliphatic carbocycles. The van der Waals surface area contributed by atoms with Gasteiger partial charge in [-0.05, 0) is 30.7 Å². The number of nitrogens with one attached hydrogen (secondary N) is 1. The van der Waals surface area contributed by atoms with Crippen LogP contribution >= 0.6 is 11.3 Å². The summed E-state index contributed by atoms with van der Waals surface area (Å²) in [6, 6.07) is 5.04. The third-order valence-electron chi connectivity index (χ3n) is 3.86. The van der Waals surface area contributed by atoms with E-state index in [1.165, 1.54) is 30.6 Å². The quantitative estimate of drug-likeness (QED) is 0.794. The Morgan fingerprint density at radius 3 is 2.94 bits per heavy atom. The largest absolute Gasteiger partial charge is 0.392 e. The molecule has 1 saturated carbocycles. The number of hydrogen-bond donors (Lipinski definition) is 2. The summed E-state index contributed by atoms with van der Waals surface area (Å²) in [5, 5.41) is 16.1. The fraction of sp³-hybridized carbons (Fsp3) is 0.733. The Labute approximate surface area is 114 Å². The van der Waals surface area contributed by atoms with E-state index in [0.717, 1.165) is 19.3 Å². The van der Waals surface area contributed by atoms with Crippen LogP contribution in [-0.2, 0) is 0 Å². The van der Waals surface area contributed by atoms with Crippen LogP contribution in [0.1, 0.15) is 62.8 Å². The molecular weight excluding hydrogens is 242 g/mol. The van der Waals surface area contributed by atoms with Crippen molar-refractivity contribution < 1.29 is 5.11 Å². The van der Waals surface area contributed by atoms with Gasteiger partial charge in [-0.15, -0.1) is 11.3 Å². The molecule has 0 saturated heterocycles. The Morgan fingerprint density at radius 1 is 1.39 bits per heavy atom. The van der Waals surface area contributed by atoms with Crippen molar-refractivity contribution in [3.8, 4) is 0 Å². The van der Waals surface area contributed by atoms with Crippen molar-refractivity contribution in [1.29, 1.82) is 0 Å². The van der Waals surface area contributed by atoms with Crippen molar-refractivity contribution in [3.63, 3.8) is 0 Å². The highest BCUT2D eigenvalue weighted by Gasteiger charge is 2.24. The fourth-order valence-corrected chi connectivity index (χ4v) is 3.65. The van der Waals surface area contributed by atoms with E-state index in [2.05, 4.69) is 29.8 Å². The Hall–Kier alpha value is -0.380. The van der Waals surface area contributed by atoms with Crippen molar-refractivity contribution in [2.45, 2.75) is 70.1 Å². The van der Waals surface area contributed by atoms with Gasteiger partial charge in [0.15, 0.2) is 0 Å². The zero-order chi connectivity index (χ0) is 12.8. The molecule has 1 fully saturated rings. The van der Waals surface area contributed by atoms with Gasteiger partial charge in [0, 0.05) is 17.0 Å². The number of hydrogen-bond acceptors (Lipinski definition) is 3. The Morgan fingerprint density at radius 2 is 2.22 bits per heavy atom. The van der Waals surface area contributed by atoms with Crippen LogP contribution in [0.4, 0.5) is 0 Å². The molecule has 1 heterocycles. The van der Waals surface area contributed by atoms with Crippen LogP contribution in [0.25, 0.3) is 0 Å². The normalized spacial score (nSPS) is 26.8. The van der Waals surface area contributed by atoms with E-state index in [4.69, 9.17) is 0 Å². The van der Waals surface area contributed by atoms with E-state index in [1.54, 1.807) is 0 Å². The highest BCUT2D eigenvalue weighted by atomic mass is 32.1. The third-order valence-corrected chi connectivity index (χ3v) is 4.84. The maximum Gasteiger partial charge on any atom is 0.0693 e. The van der Waals surface area contributed by atoms with Crippen LogP contribution in [0.15, 0.2) is 17.5 Å². The molecule has 0 amide bonds. The maximum atomic E-state index is 10.2. The molecule has 0 aromatic carbocycles. The first-order valence-electron chi connectivity index (χ1n) is 7.28. The van der Waals surface area contributed by atoms with Gasteiger partial charge in [0.1, 0.15) is 0 Å². The molecule has 3 atom stereocenters. The maximum absolute atomic E-state index is 10.2. The Balaban J connectivity index is 1.98. The molecule has 3 heteroatoms. The number of thiophene rings is 1. The van der Waals surface area contributed by atoms with E-state index in [-0.39, 0.29) is 12.1 Å². The monoisotopic (exact) mass is 267 g/mol. The lowest BCUT2D eigenvalue weighted by Gasteiger charge is -2.27. The van der Waals surface area contributed by atoms with Crippen molar-refractivity contribution >= 4 is 11.3 Å². The molecule has 1 aliphatic rings. The van der Waals surface area contributed by atoms with E-state index < -0.39 is 0 Å². The zero-order valence-corrected chi connectivity index (χ0v) is 12.1. The Kier molecular flexibility index (Phi) is 5.67. The van der Waals surface area contributed by atoms with Crippen molar-refractivity contribution in [3.05, 3.63) is 22.4 Å². The smallest absolute Gasteiger partial charge is 0.0693 e. The van der Waals surface area contributed by atoms with Crippen LogP contribution in [0.3, 0.4) is 0 Å². The van der Waals surface area contributed by atoms with Gasteiger partial charge in [-0.3, -0.25) is 0 Å². The molecular formula is C15H25NOS. The number of aliphatic hydroxyl groups excluding tert-OH is 1. The lowest BCUT2D eigenvalue weighted by Crippen LogP contribution is -2.41. The van der Waals surface area contributed by atoms with Crippen molar-refractivity contribution in [2.75, 3.05) is 0 Å². The fourth-order valence-electron chi connectivity index (χ4n) is 2.83. The molecule has 1 aromatic rings. The second-order valence-electron chi connectivity index (χ2n) is 5.34. The van der Waals surface area contributed by atoms with Crippen LogP contribution < -0.4 is 5.32 Å². The van der Waals surface area contributed by atoms with Crippen LogP contribution in [-0.4, -0.2) is 17.3 Å². The molecule has 2 N–H and O–H groups in total. The minimum Gasteiger partial charge on any atom is -0.392 e. The highest BCUT2D eigenvalue weighted by Crippen LogP contribution is 2.26. The lowest BCUT2D eigenvalue weighted by atomic mass is 10.0. The summed E-state index contributed by atoms with van der Waals surface area (Å²) in [5.41, 5.74) is 0. The molecule has 18 heavy (non-hydrogen) atoms. The SMILES string of the molecule is CCCC(NC1CCCCCC1O)c1cccs1. The first-order valence-corrected chi connectivity index (χ1v) is 8.16. The average molecular weight is 267 g/mol. The van der Waals surface area contributed by atoms with Gasteiger partial charge in [-0.1, -0.05) is 38.7 Å². The molecule has 0 radical (unpaired) electrons. The minimum absolute atomic E-state index is 0.160. The molecule has 1 aromatic heterocycles. The molecule has 0 aliphatic heterocycles. The minimum atomic E-state index is -0.160. The summed E-state index contributed by atoms with van der Waals surface area (Å²) in [7, 11) is 0. The molecule has 102 valence electrons. The van der Waals surface area contributed by atoms with Gasteiger partial charge in [0.25, 0.3) is 0 Å². The molecule has 3 unspecified atom stereocenters. The Bertz CT molecular complexity index is 325. The van der Waals surface area contributed by atoms with Gasteiger partial charge >= 0.3 is 0 Å². The topological polar surface area (TPSA) is 32.3 Å². The van der Waals surface area contributed by atoms with E-state index in [0.29, 0.717) is 6.04 Å². The van der Waals surface area contributed by atoms with Crippen LogP contribution in [0.5, 0.6) is 0 Å². The molecule has 0 spiro atoms. The summed E-state index contributed by atoms with van der Waals surface area (Å²) < 4.78 is 0. The predicted octanol–water partition coefficient (Wildman–Crippen LogP) is 3.87. The van der Waals surface area contributed by atoms with Crippen molar-refractivity contribution in [1.82, 2.24) is 5.32 Å². The van der Waals surface area contributed by atoms with E-state index in [9.17, 15) is 5.11 Å². The molecule has 0 bridgehead atoms. The van der Waals surface area contributed by atoms with Gasteiger partial charge in [-0.2, -0.15) is 0 Å². The zero-order valence-electron chi connectivity index (χ0n) is 11.3. The highest BCUT2D eigenvalue weighted by molar-refractivity contribution is 7.10. The summed E-state index contributed by atoms with van der Waals surface area (Å²) in [4.78, 5) is 1.41. The van der Waals surface area contributed by atoms with Crippen LogP contribution in [0, 0.1) is 0 Å². The average Bonchev–Trinajstić information content (AvgIpc) is 2.82. The van der Waals surface area contributed by atoms with Crippen molar-refractivity contribution in [2.24, 2.45) is 0 Å². The van der Waals surface area contributed by atoms with Gasteiger partial charge in [0.05, 0.1) is 6.10 Å². The first-order chi connectivity index (χ1) is 8.81. The molecule has 2 nitrogen and oxygen atoms in total. The second kappa shape index (κ2) is 7.27. The van der Waals surface area contributed by atoms with Gasteiger partial charge in [-0.25, -0.2) is 0 Å². The number of rotatable bonds is 5. The van der Waals surface area contributed by atoms with Gasteiger partial charge < -0.3 is 10.4 Å². The predicted molar refractivity (Wildman–Crippen MR) is 78.0 cm³/mol. The first kappa shape index (κ1) is 14.0. The van der Waals surface area contributed by atoms with Crippen LogP contribution in [0.2, 0.25) is 0 Å². The van der Waals surface area contributed by atoms with E-state index >= 15 is 0 Å². The second-order valence-corrected chi connectivity index (χ2v) is 6.31. The summed E-state index contributed by atoms with van der Waals surface area (Å²) in [5.74, 6) is 0. The van der Waals surface area contributed by atoms with E-state index in [1.807, 2.05) is 11.3 Å². The lowest BCUT2D eigenvalue weighted by molar-refractivity contribution is 0.113. The third kappa shape index (κ3) is 3.81. The standard InChI is InChI=1S/C15H25NOS/c1-2-7-13(15-10-6-11-18-15)16-12-8-4-3-5-9-14(12)17/h6,10-14,16-17H,2-5,7-9H2,1H3. The summed E-state index contributed by atoms with van der Waals surface area (Å²) in [6.45, 7) is 2.23. The summed E-state index contributed by atoms with van der Waals surface area (Å²) >= 11 is 1.82.